The third-order valence-electron chi connectivity index (χ3n) is 4.46. The Morgan fingerprint density at radius 2 is 1.87 bits per heavy atom. The first-order chi connectivity index (χ1) is 14.3. The molecular formula is C21H20F2N4O3. The van der Waals surface area contributed by atoms with Crippen LogP contribution in [0, 0.1) is 18.6 Å². The number of nitrogens with one attached hydrogen (secondary N) is 2. The number of carbonyl (C=O) groups is 2. The third kappa shape index (κ3) is 4.29. The van der Waals surface area contributed by atoms with Crippen LogP contribution in [0.4, 0.5) is 8.78 Å². The van der Waals surface area contributed by atoms with E-state index in [9.17, 15) is 18.4 Å². The van der Waals surface area contributed by atoms with Gasteiger partial charge < -0.3 is 15.4 Å². The highest BCUT2D eigenvalue weighted by Crippen LogP contribution is 2.24. The van der Waals surface area contributed by atoms with Crippen molar-refractivity contribution in [2.75, 3.05) is 14.2 Å². The largest absolute Gasteiger partial charge is 0.494 e. The number of rotatable bonds is 6. The lowest BCUT2D eigenvalue weighted by Gasteiger charge is -2.17. The fourth-order valence-electron chi connectivity index (χ4n) is 2.90. The molecule has 0 aliphatic rings. The highest BCUT2D eigenvalue weighted by molar-refractivity contribution is 5.96. The predicted molar refractivity (Wildman–Crippen MR) is 105 cm³/mol. The van der Waals surface area contributed by atoms with E-state index in [1.807, 2.05) is 19.1 Å². The maximum absolute atomic E-state index is 13.6. The summed E-state index contributed by atoms with van der Waals surface area (Å²) < 4.78 is 33.7. The van der Waals surface area contributed by atoms with Crippen molar-refractivity contribution in [3.8, 4) is 11.4 Å². The van der Waals surface area contributed by atoms with Crippen LogP contribution in [-0.2, 0) is 4.79 Å². The molecule has 1 heterocycles. The molecule has 0 fully saturated rings. The molecule has 2 amide bonds. The van der Waals surface area contributed by atoms with Crippen LogP contribution in [-0.4, -0.2) is 35.8 Å². The number of methoxy groups -OCH3 is 1. The lowest BCUT2D eigenvalue weighted by molar-refractivity contribution is -0.122. The number of benzene rings is 2. The molecule has 1 aromatic heterocycles. The number of hydrogen-bond acceptors (Lipinski definition) is 4. The first-order valence-corrected chi connectivity index (χ1v) is 9.02. The van der Waals surface area contributed by atoms with Gasteiger partial charge >= 0.3 is 0 Å². The zero-order valence-corrected chi connectivity index (χ0v) is 16.6. The number of hydrogen-bond donors (Lipinski definition) is 2. The van der Waals surface area contributed by atoms with E-state index in [4.69, 9.17) is 4.74 Å². The van der Waals surface area contributed by atoms with Crippen molar-refractivity contribution in [2.24, 2.45) is 0 Å². The summed E-state index contributed by atoms with van der Waals surface area (Å²) >= 11 is 0. The molecule has 0 radical (unpaired) electrons. The molecule has 2 N–H and O–H groups in total. The van der Waals surface area contributed by atoms with Crippen molar-refractivity contribution in [1.82, 2.24) is 20.4 Å². The van der Waals surface area contributed by atoms with Gasteiger partial charge in [0.05, 0.1) is 7.11 Å². The smallest absolute Gasteiger partial charge is 0.272 e. The van der Waals surface area contributed by atoms with Crippen molar-refractivity contribution in [2.45, 2.75) is 13.0 Å². The Labute approximate surface area is 171 Å². The van der Waals surface area contributed by atoms with Crippen molar-refractivity contribution in [3.63, 3.8) is 0 Å². The number of ether oxygens (including phenoxy) is 1. The summed E-state index contributed by atoms with van der Waals surface area (Å²) in [6, 6.07) is 8.76. The van der Waals surface area contributed by atoms with Gasteiger partial charge in [0, 0.05) is 13.2 Å². The van der Waals surface area contributed by atoms with Crippen molar-refractivity contribution in [1.29, 1.82) is 0 Å². The van der Waals surface area contributed by atoms with Crippen LogP contribution in [0.1, 0.15) is 27.7 Å². The molecule has 0 bridgehead atoms. The molecular weight excluding hydrogens is 394 g/mol. The second-order valence-corrected chi connectivity index (χ2v) is 6.52. The van der Waals surface area contributed by atoms with E-state index >= 15 is 0 Å². The summed E-state index contributed by atoms with van der Waals surface area (Å²) in [5.74, 6) is -2.84. The minimum atomic E-state index is -1.23. The van der Waals surface area contributed by atoms with Crippen LogP contribution < -0.4 is 15.4 Å². The summed E-state index contributed by atoms with van der Waals surface area (Å²) in [4.78, 5) is 24.9. The van der Waals surface area contributed by atoms with Crippen molar-refractivity contribution < 1.29 is 23.1 Å². The molecule has 9 heteroatoms. The number of carbonyl (C=O) groups excluding carboxylic acids is 2. The first-order valence-electron chi connectivity index (χ1n) is 9.02. The van der Waals surface area contributed by atoms with Gasteiger partial charge in [-0.2, -0.15) is 5.10 Å². The summed E-state index contributed by atoms with van der Waals surface area (Å²) in [6.45, 7) is 1.91. The van der Waals surface area contributed by atoms with Crippen molar-refractivity contribution >= 4 is 11.8 Å². The Balaban J connectivity index is 1.88. The zero-order chi connectivity index (χ0) is 21.8. The number of halogens is 2. The maximum Gasteiger partial charge on any atom is 0.272 e. The fourth-order valence-corrected chi connectivity index (χ4v) is 2.90. The van der Waals surface area contributed by atoms with E-state index in [1.54, 1.807) is 12.3 Å². The van der Waals surface area contributed by atoms with Gasteiger partial charge in [-0.15, -0.1) is 0 Å². The summed E-state index contributed by atoms with van der Waals surface area (Å²) in [7, 11) is 2.90. The Bertz CT molecular complexity index is 1100. The van der Waals surface area contributed by atoms with E-state index in [-0.39, 0.29) is 11.3 Å². The van der Waals surface area contributed by atoms with E-state index in [1.165, 1.54) is 31.0 Å². The van der Waals surface area contributed by atoms with E-state index in [0.717, 1.165) is 17.7 Å². The second-order valence-electron chi connectivity index (χ2n) is 6.52. The average Bonchev–Trinajstić information content (AvgIpc) is 3.23. The third-order valence-corrected chi connectivity index (χ3v) is 4.46. The highest BCUT2D eigenvalue weighted by Gasteiger charge is 2.25. The zero-order valence-electron chi connectivity index (χ0n) is 16.6. The van der Waals surface area contributed by atoms with Gasteiger partial charge in [0.2, 0.25) is 5.91 Å². The maximum atomic E-state index is 13.6. The quantitative estimate of drug-likeness (QED) is 0.650. The minimum absolute atomic E-state index is 0.0371. The SMILES string of the molecule is CNC(=O)C(NC(=O)c1ccn(-c2cc(C)ccc2OC)n1)c1ccc(F)c(F)c1. The number of aryl methyl sites for hydroxylation is 1. The summed E-state index contributed by atoms with van der Waals surface area (Å²) in [6.07, 6.45) is 1.58. The Morgan fingerprint density at radius 3 is 2.53 bits per heavy atom. The van der Waals surface area contributed by atoms with Crippen LogP contribution in [0.15, 0.2) is 48.7 Å². The molecule has 0 saturated heterocycles. The molecule has 0 spiro atoms. The van der Waals surface area contributed by atoms with Crippen LogP contribution >= 0.6 is 0 Å². The van der Waals surface area contributed by atoms with Gasteiger partial charge in [-0.3, -0.25) is 9.59 Å². The normalized spacial score (nSPS) is 11.6. The molecule has 30 heavy (non-hydrogen) atoms. The lowest BCUT2D eigenvalue weighted by Crippen LogP contribution is -2.39. The first kappa shape index (κ1) is 21.0. The molecule has 156 valence electrons. The Kier molecular flexibility index (Phi) is 6.10. The molecule has 3 rings (SSSR count). The van der Waals surface area contributed by atoms with Crippen LogP contribution in [0.3, 0.4) is 0 Å². The Hall–Kier alpha value is -3.75. The van der Waals surface area contributed by atoms with Gasteiger partial charge in [-0.25, -0.2) is 13.5 Å². The molecule has 7 nitrogen and oxygen atoms in total. The lowest BCUT2D eigenvalue weighted by atomic mass is 10.1. The molecule has 1 unspecified atom stereocenters. The van der Waals surface area contributed by atoms with Gasteiger partial charge in [-0.1, -0.05) is 12.1 Å². The minimum Gasteiger partial charge on any atom is -0.494 e. The molecule has 0 saturated carbocycles. The second kappa shape index (κ2) is 8.73. The number of likely N-dealkylation sites (N-methyl/N-ethyl adjacent to an activating group) is 1. The van der Waals surface area contributed by atoms with E-state index in [2.05, 4.69) is 15.7 Å². The van der Waals surface area contributed by atoms with Gasteiger partial charge in [0.15, 0.2) is 17.3 Å². The number of aromatic nitrogens is 2. The van der Waals surface area contributed by atoms with Crippen molar-refractivity contribution in [3.05, 3.63) is 77.1 Å². The van der Waals surface area contributed by atoms with Crippen LogP contribution in [0.2, 0.25) is 0 Å². The fraction of sp³-hybridized carbons (Fsp3) is 0.190. The van der Waals surface area contributed by atoms with E-state index in [0.29, 0.717) is 11.4 Å². The molecule has 0 aliphatic carbocycles. The summed E-state index contributed by atoms with van der Waals surface area (Å²) in [5, 5.41) is 9.15. The molecule has 0 aliphatic heterocycles. The average molecular weight is 414 g/mol. The topological polar surface area (TPSA) is 85.2 Å². The highest BCUT2D eigenvalue weighted by atomic mass is 19.2. The standard InChI is InChI=1S/C21H20F2N4O3/c1-12-4-7-18(30-3)17(10-12)27-9-8-16(26-27)20(28)25-19(21(29)24-2)13-5-6-14(22)15(23)11-13/h4-11,19H,1-3H3,(H,24,29)(H,25,28). The van der Waals surface area contributed by atoms with Gasteiger partial charge in [0.1, 0.15) is 17.5 Å². The monoisotopic (exact) mass is 414 g/mol. The molecule has 2 aromatic carbocycles. The molecule has 1 atom stereocenters. The molecule has 3 aromatic rings. The van der Waals surface area contributed by atoms with Gasteiger partial charge in [0.25, 0.3) is 5.91 Å². The van der Waals surface area contributed by atoms with Crippen LogP contribution in [0.5, 0.6) is 5.75 Å². The number of amides is 2. The number of nitrogens with zero attached hydrogens (tertiary/aromatic N) is 2. The Morgan fingerprint density at radius 1 is 1.10 bits per heavy atom. The predicted octanol–water partition coefficient (Wildman–Crippen LogP) is 2.68. The van der Waals surface area contributed by atoms with Gasteiger partial charge in [-0.05, 0) is 48.4 Å². The van der Waals surface area contributed by atoms with E-state index < -0.39 is 29.5 Å². The summed E-state index contributed by atoms with van der Waals surface area (Å²) in [5.41, 5.74) is 1.75. The van der Waals surface area contributed by atoms with Crippen LogP contribution in [0.25, 0.3) is 5.69 Å².